The zero-order valence-electron chi connectivity index (χ0n) is 9.07. The van der Waals surface area contributed by atoms with Gasteiger partial charge in [0, 0.05) is 17.7 Å². The number of aliphatic hydroxyl groups excluding tert-OH is 2. The lowest BCUT2D eigenvalue weighted by atomic mass is 10.1. The second kappa shape index (κ2) is 5.44. The number of aliphatic hydroxyl groups is 2. The molecular formula is C12H13BrN2O2. The first-order valence-electron chi connectivity index (χ1n) is 5.24. The van der Waals surface area contributed by atoms with Crippen molar-refractivity contribution < 1.29 is 10.2 Å². The van der Waals surface area contributed by atoms with E-state index in [4.69, 9.17) is 0 Å². The molecular weight excluding hydrogens is 284 g/mol. The molecule has 17 heavy (non-hydrogen) atoms. The highest BCUT2D eigenvalue weighted by atomic mass is 79.9. The van der Waals surface area contributed by atoms with Gasteiger partial charge in [0.15, 0.2) is 0 Å². The Morgan fingerprint density at radius 2 is 1.94 bits per heavy atom. The van der Waals surface area contributed by atoms with E-state index in [2.05, 4.69) is 21.0 Å². The van der Waals surface area contributed by atoms with Crippen molar-refractivity contribution in [3.8, 4) is 5.69 Å². The van der Waals surface area contributed by atoms with E-state index in [-0.39, 0.29) is 0 Å². The summed E-state index contributed by atoms with van der Waals surface area (Å²) in [4.78, 5) is 0. The smallest absolute Gasteiger partial charge is 0.106 e. The van der Waals surface area contributed by atoms with Crippen LogP contribution in [-0.4, -0.2) is 31.4 Å². The maximum Gasteiger partial charge on any atom is 0.106 e. The standard InChI is InChI=1S/C12H13BrN2O2/c13-8-11(16)12(17)9-2-4-10(5-3-9)15-7-1-6-14-15/h1-7,11-12,16-17H,8H2. The molecule has 90 valence electrons. The number of aromatic nitrogens is 2. The van der Waals surface area contributed by atoms with Crippen LogP contribution in [0.1, 0.15) is 11.7 Å². The van der Waals surface area contributed by atoms with Crippen LogP contribution < -0.4 is 0 Å². The summed E-state index contributed by atoms with van der Waals surface area (Å²) in [7, 11) is 0. The molecule has 5 heteroatoms. The summed E-state index contributed by atoms with van der Waals surface area (Å²) in [5.41, 5.74) is 1.60. The van der Waals surface area contributed by atoms with Crippen LogP contribution in [0.5, 0.6) is 0 Å². The molecule has 1 aromatic carbocycles. The minimum absolute atomic E-state index is 0.342. The van der Waals surface area contributed by atoms with Gasteiger partial charge in [0.1, 0.15) is 6.10 Å². The molecule has 2 atom stereocenters. The third-order valence-corrected chi connectivity index (χ3v) is 3.19. The van der Waals surface area contributed by atoms with E-state index in [0.29, 0.717) is 10.9 Å². The van der Waals surface area contributed by atoms with Crippen LogP contribution >= 0.6 is 15.9 Å². The van der Waals surface area contributed by atoms with Gasteiger partial charge in [0.2, 0.25) is 0 Å². The summed E-state index contributed by atoms with van der Waals surface area (Å²) in [5, 5.41) is 23.8. The minimum atomic E-state index is -0.874. The van der Waals surface area contributed by atoms with Gasteiger partial charge in [0.05, 0.1) is 11.8 Å². The van der Waals surface area contributed by atoms with Gasteiger partial charge in [-0.2, -0.15) is 5.10 Å². The van der Waals surface area contributed by atoms with Gasteiger partial charge >= 0.3 is 0 Å². The topological polar surface area (TPSA) is 58.3 Å². The van der Waals surface area contributed by atoms with Gasteiger partial charge in [-0.05, 0) is 23.8 Å². The first-order valence-corrected chi connectivity index (χ1v) is 6.36. The minimum Gasteiger partial charge on any atom is -0.389 e. The molecule has 0 aliphatic carbocycles. The number of rotatable bonds is 4. The van der Waals surface area contributed by atoms with Gasteiger partial charge in [-0.3, -0.25) is 0 Å². The molecule has 1 aromatic heterocycles. The molecule has 0 fully saturated rings. The third kappa shape index (κ3) is 2.74. The number of nitrogens with zero attached hydrogens (tertiary/aromatic N) is 2. The van der Waals surface area contributed by atoms with Gasteiger partial charge in [0.25, 0.3) is 0 Å². The molecule has 0 spiro atoms. The Hall–Kier alpha value is -1.17. The number of hydrogen-bond acceptors (Lipinski definition) is 3. The van der Waals surface area contributed by atoms with Crippen LogP contribution in [0.3, 0.4) is 0 Å². The van der Waals surface area contributed by atoms with E-state index in [1.54, 1.807) is 23.0 Å². The molecule has 0 bridgehead atoms. The molecule has 1 heterocycles. The summed E-state index contributed by atoms with van der Waals surface area (Å²) in [5.74, 6) is 0. The molecule has 4 nitrogen and oxygen atoms in total. The normalized spacial score (nSPS) is 14.5. The average molecular weight is 297 g/mol. The van der Waals surface area contributed by atoms with Crippen LogP contribution in [-0.2, 0) is 0 Å². The van der Waals surface area contributed by atoms with Crippen LogP contribution in [0, 0.1) is 0 Å². The van der Waals surface area contributed by atoms with Crippen molar-refractivity contribution in [3.05, 3.63) is 48.3 Å². The molecule has 2 rings (SSSR count). The van der Waals surface area contributed by atoms with Crippen molar-refractivity contribution in [3.63, 3.8) is 0 Å². The highest BCUT2D eigenvalue weighted by molar-refractivity contribution is 9.09. The molecule has 2 unspecified atom stereocenters. The molecule has 0 saturated heterocycles. The quantitative estimate of drug-likeness (QED) is 0.844. The van der Waals surface area contributed by atoms with Crippen LogP contribution in [0.2, 0.25) is 0 Å². The lowest BCUT2D eigenvalue weighted by Gasteiger charge is -2.16. The maximum absolute atomic E-state index is 9.81. The second-order valence-corrected chi connectivity index (χ2v) is 4.36. The van der Waals surface area contributed by atoms with E-state index in [0.717, 1.165) is 5.69 Å². The number of benzene rings is 1. The molecule has 2 aromatic rings. The fraction of sp³-hybridized carbons (Fsp3) is 0.250. The number of alkyl halides is 1. The second-order valence-electron chi connectivity index (χ2n) is 3.71. The Morgan fingerprint density at radius 3 is 2.47 bits per heavy atom. The highest BCUT2D eigenvalue weighted by Crippen LogP contribution is 2.19. The zero-order valence-corrected chi connectivity index (χ0v) is 10.7. The maximum atomic E-state index is 9.81. The summed E-state index contributed by atoms with van der Waals surface area (Å²) in [6, 6.07) is 9.12. The summed E-state index contributed by atoms with van der Waals surface area (Å²) < 4.78 is 1.73. The van der Waals surface area contributed by atoms with Crippen molar-refractivity contribution in [1.82, 2.24) is 9.78 Å². The van der Waals surface area contributed by atoms with Crippen molar-refractivity contribution >= 4 is 15.9 Å². The summed E-state index contributed by atoms with van der Waals surface area (Å²) in [6.07, 6.45) is 1.88. The first kappa shape index (κ1) is 12.3. The molecule has 0 aliphatic heterocycles. The first-order chi connectivity index (χ1) is 8.22. The van der Waals surface area contributed by atoms with E-state index in [1.165, 1.54) is 0 Å². The van der Waals surface area contributed by atoms with Crippen molar-refractivity contribution in [2.75, 3.05) is 5.33 Å². The third-order valence-electron chi connectivity index (χ3n) is 2.53. The molecule has 0 radical (unpaired) electrons. The zero-order chi connectivity index (χ0) is 12.3. The Morgan fingerprint density at radius 1 is 1.24 bits per heavy atom. The van der Waals surface area contributed by atoms with Crippen LogP contribution in [0.25, 0.3) is 5.69 Å². The Labute approximate surface area is 108 Å². The monoisotopic (exact) mass is 296 g/mol. The lowest BCUT2D eigenvalue weighted by molar-refractivity contribution is 0.0343. The van der Waals surface area contributed by atoms with Gasteiger partial charge in [-0.15, -0.1) is 0 Å². The molecule has 0 saturated carbocycles. The van der Waals surface area contributed by atoms with E-state index in [9.17, 15) is 10.2 Å². The predicted molar refractivity (Wildman–Crippen MR) is 68.3 cm³/mol. The summed E-state index contributed by atoms with van der Waals surface area (Å²) >= 11 is 3.13. The average Bonchev–Trinajstić information content (AvgIpc) is 2.91. The number of hydrogen-bond donors (Lipinski definition) is 2. The van der Waals surface area contributed by atoms with Crippen molar-refractivity contribution in [2.24, 2.45) is 0 Å². The SMILES string of the molecule is OC(CBr)C(O)c1ccc(-n2cccn2)cc1. The fourth-order valence-electron chi connectivity index (χ4n) is 1.55. The van der Waals surface area contributed by atoms with Crippen LogP contribution in [0.15, 0.2) is 42.7 Å². The molecule has 0 aliphatic rings. The van der Waals surface area contributed by atoms with E-state index >= 15 is 0 Å². The highest BCUT2D eigenvalue weighted by Gasteiger charge is 2.16. The lowest BCUT2D eigenvalue weighted by Crippen LogP contribution is -2.19. The van der Waals surface area contributed by atoms with Gasteiger partial charge < -0.3 is 10.2 Å². The van der Waals surface area contributed by atoms with Gasteiger partial charge in [-0.1, -0.05) is 28.1 Å². The Balaban J connectivity index is 2.18. The Kier molecular flexibility index (Phi) is 3.93. The molecule has 0 amide bonds. The van der Waals surface area contributed by atoms with Crippen molar-refractivity contribution in [2.45, 2.75) is 12.2 Å². The Bertz CT molecular complexity index is 456. The fourth-order valence-corrected chi connectivity index (χ4v) is 1.91. The van der Waals surface area contributed by atoms with Gasteiger partial charge in [-0.25, -0.2) is 4.68 Å². The van der Waals surface area contributed by atoms with E-state index in [1.807, 2.05) is 24.4 Å². The molecule has 2 N–H and O–H groups in total. The van der Waals surface area contributed by atoms with Crippen molar-refractivity contribution in [1.29, 1.82) is 0 Å². The van der Waals surface area contributed by atoms with Crippen LogP contribution in [0.4, 0.5) is 0 Å². The van der Waals surface area contributed by atoms with E-state index < -0.39 is 12.2 Å². The summed E-state index contributed by atoms with van der Waals surface area (Å²) in [6.45, 7) is 0. The predicted octanol–water partition coefficient (Wildman–Crippen LogP) is 1.66. The number of halogens is 1. The largest absolute Gasteiger partial charge is 0.389 e.